The molecule has 3 heteroatoms. The lowest BCUT2D eigenvalue weighted by molar-refractivity contribution is 1.20. The fourth-order valence-electron chi connectivity index (χ4n) is 3.35. The van der Waals surface area contributed by atoms with Gasteiger partial charge in [-0.2, -0.15) is 0 Å². The summed E-state index contributed by atoms with van der Waals surface area (Å²) in [5.41, 5.74) is 5.44. The predicted octanol–water partition coefficient (Wildman–Crippen LogP) is 6.47. The van der Waals surface area contributed by atoms with Crippen molar-refractivity contribution in [2.75, 3.05) is 0 Å². The molecule has 0 N–H and O–H groups in total. The number of fused-ring (bicyclic) bond motifs is 3. The largest absolute Gasteiger partial charge is 0.306 e. The van der Waals surface area contributed by atoms with Crippen molar-refractivity contribution in [1.29, 1.82) is 0 Å². The first-order valence-corrected chi connectivity index (χ1v) is 8.88. The number of nitrogens with zero attached hydrogens (tertiary/aromatic N) is 2. The predicted molar refractivity (Wildman–Crippen MR) is 109 cm³/mol. The number of halogens is 1. The van der Waals surface area contributed by atoms with Crippen LogP contribution in [0.25, 0.3) is 38.8 Å². The van der Waals surface area contributed by atoms with E-state index in [-0.39, 0.29) is 0 Å². The Bertz CT molecular complexity index is 1220. The average Bonchev–Trinajstić information content (AvgIpc) is 3.13. The Labute approximate surface area is 156 Å². The molecule has 0 radical (unpaired) electrons. The van der Waals surface area contributed by atoms with Crippen molar-refractivity contribution >= 4 is 28.0 Å². The van der Waals surface area contributed by atoms with Crippen molar-refractivity contribution in [2.45, 2.75) is 0 Å². The molecule has 2 nitrogen and oxygen atoms in total. The summed E-state index contributed by atoms with van der Waals surface area (Å²) in [6.45, 7) is 0. The van der Waals surface area contributed by atoms with Crippen LogP contribution in [0.5, 0.6) is 0 Å². The molecule has 0 amide bonds. The molecule has 0 fully saturated rings. The molecule has 0 saturated carbocycles. The number of benzene rings is 3. The molecule has 0 aliphatic heterocycles. The first kappa shape index (κ1) is 15.2. The standard InChI is InChI=1S/C23H15ClN2/c24-20-10-11-21-19(14-20)12-13-26-15-22(25-23(21)26)18-8-6-17(7-9-18)16-4-2-1-3-5-16/h1-15H. The van der Waals surface area contributed by atoms with Gasteiger partial charge in [0.05, 0.1) is 5.69 Å². The Morgan fingerprint density at radius 2 is 1.46 bits per heavy atom. The molecule has 124 valence electrons. The van der Waals surface area contributed by atoms with Gasteiger partial charge in [-0.05, 0) is 40.8 Å². The summed E-state index contributed by atoms with van der Waals surface area (Å²) >= 11 is 6.11. The highest BCUT2D eigenvalue weighted by Crippen LogP contribution is 2.28. The summed E-state index contributed by atoms with van der Waals surface area (Å²) in [5, 5.41) is 2.94. The van der Waals surface area contributed by atoms with Gasteiger partial charge in [-0.1, -0.05) is 66.2 Å². The lowest BCUT2D eigenvalue weighted by Gasteiger charge is -2.02. The van der Waals surface area contributed by atoms with E-state index >= 15 is 0 Å². The SMILES string of the molecule is Clc1ccc2c(ccn3cc(-c4ccc(-c5ccccc5)cc4)nc23)c1. The second-order valence-electron chi connectivity index (χ2n) is 6.35. The average molecular weight is 355 g/mol. The van der Waals surface area contributed by atoms with Crippen molar-refractivity contribution in [2.24, 2.45) is 0 Å². The van der Waals surface area contributed by atoms with Gasteiger partial charge in [0.15, 0.2) is 0 Å². The second-order valence-corrected chi connectivity index (χ2v) is 6.78. The van der Waals surface area contributed by atoms with Gasteiger partial charge in [-0.25, -0.2) is 4.98 Å². The molecule has 5 rings (SSSR count). The van der Waals surface area contributed by atoms with Crippen molar-refractivity contribution in [1.82, 2.24) is 9.38 Å². The van der Waals surface area contributed by atoms with Crippen LogP contribution in [0.2, 0.25) is 5.02 Å². The van der Waals surface area contributed by atoms with Gasteiger partial charge >= 0.3 is 0 Å². The fraction of sp³-hybridized carbons (Fsp3) is 0. The highest BCUT2D eigenvalue weighted by molar-refractivity contribution is 6.31. The first-order valence-electron chi connectivity index (χ1n) is 8.51. The van der Waals surface area contributed by atoms with E-state index in [1.807, 2.05) is 30.5 Å². The number of rotatable bonds is 2. The van der Waals surface area contributed by atoms with Gasteiger partial charge in [0.2, 0.25) is 0 Å². The second kappa shape index (κ2) is 6.01. The van der Waals surface area contributed by atoms with Crippen LogP contribution in [-0.4, -0.2) is 9.38 Å². The van der Waals surface area contributed by atoms with Crippen LogP contribution in [-0.2, 0) is 0 Å². The first-order chi connectivity index (χ1) is 12.8. The van der Waals surface area contributed by atoms with Gasteiger partial charge in [-0.3, -0.25) is 0 Å². The minimum absolute atomic E-state index is 0.741. The van der Waals surface area contributed by atoms with Gasteiger partial charge in [-0.15, -0.1) is 0 Å². The molecule has 0 bridgehead atoms. The van der Waals surface area contributed by atoms with Crippen LogP contribution in [0.3, 0.4) is 0 Å². The molecule has 3 aromatic carbocycles. The molecule has 0 aliphatic rings. The molecule has 0 atom stereocenters. The van der Waals surface area contributed by atoms with E-state index in [1.54, 1.807) is 0 Å². The normalized spacial score (nSPS) is 11.3. The summed E-state index contributed by atoms with van der Waals surface area (Å²) < 4.78 is 2.07. The Morgan fingerprint density at radius 3 is 2.27 bits per heavy atom. The van der Waals surface area contributed by atoms with Gasteiger partial charge < -0.3 is 4.40 Å². The lowest BCUT2D eigenvalue weighted by atomic mass is 10.0. The van der Waals surface area contributed by atoms with Crippen LogP contribution < -0.4 is 0 Å². The zero-order chi connectivity index (χ0) is 17.5. The number of aromatic nitrogens is 2. The van der Waals surface area contributed by atoms with E-state index in [0.29, 0.717) is 0 Å². The van der Waals surface area contributed by atoms with Crippen molar-refractivity contribution in [3.8, 4) is 22.4 Å². The monoisotopic (exact) mass is 354 g/mol. The molecule has 0 saturated heterocycles. The zero-order valence-electron chi connectivity index (χ0n) is 13.9. The van der Waals surface area contributed by atoms with Gasteiger partial charge in [0.25, 0.3) is 0 Å². The molecular weight excluding hydrogens is 340 g/mol. The number of imidazole rings is 1. The van der Waals surface area contributed by atoms with Crippen molar-refractivity contribution < 1.29 is 0 Å². The third kappa shape index (κ3) is 2.56. The maximum absolute atomic E-state index is 6.11. The lowest BCUT2D eigenvalue weighted by Crippen LogP contribution is -1.84. The maximum atomic E-state index is 6.11. The van der Waals surface area contributed by atoms with E-state index in [9.17, 15) is 0 Å². The molecular formula is C23H15ClN2. The molecule has 2 aromatic heterocycles. The number of hydrogen-bond donors (Lipinski definition) is 0. The number of hydrogen-bond acceptors (Lipinski definition) is 1. The van der Waals surface area contributed by atoms with Gasteiger partial charge in [0, 0.05) is 28.4 Å². The summed E-state index contributed by atoms with van der Waals surface area (Å²) in [6.07, 6.45) is 4.10. The molecule has 0 unspecified atom stereocenters. The van der Waals surface area contributed by atoms with Crippen molar-refractivity contribution in [3.05, 3.63) is 96.3 Å². The van der Waals surface area contributed by atoms with Crippen LogP contribution in [0, 0.1) is 0 Å². The van der Waals surface area contributed by atoms with Crippen LogP contribution in [0.4, 0.5) is 0 Å². The maximum Gasteiger partial charge on any atom is 0.145 e. The van der Waals surface area contributed by atoms with E-state index in [2.05, 4.69) is 65.2 Å². The van der Waals surface area contributed by atoms with E-state index in [0.717, 1.165) is 32.7 Å². The van der Waals surface area contributed by atoms with Gasteiger partial charge in [0.1, 0.15) is 5.65 Å². The van der Waals surface area contributed by atoms with E-state index in [4.69, 9.17) is 16.6 Å². The smallest absolute Gasteiger partial charge is 0.145 e. The fourth-order valence-corrected chi connectivity index (χ4v) is 3.53. The quantitative estimate of drug-likeness (QED) is 0.355. The summed E-state index contributed by atoms with van der Waals surface area (Å²) in [4.78, 5) is 4.86. The van der Waals surface area contributed by atoms with E-state index in [1.165, 1.54) is 11.1 Å². The van der Waals surface area contributed by atoms with Crippen LogP contribution in [0.15, 0.2) is 91.3 Å². The third-order valence-electron chi connectivity index (χ3n) is 4.69. The Hall–Kier alpha value is -3.10. The molecule has 5 aromatic rings. The Kier molecular flexibility index (Phi) is 3.51. The Balaban J connectivity index is 1.59. The summed E-state index contributed by atoms with van der Waals surface area (Å²) in [6, 6.07) is 26.9. The van der Waals surface area contributed by atoms with E-state index < -0.39 is 0 Å². The topological polar surface area (TPSA) is 17.3 Å². The number of pyridine rings is 1. The molecule has 26 heavy (non-hydrogen) atoms. The van der Waals surface area contributed by atoms with Crippen LogP contribution >= 0.6 is 11.6 Å². The molecule has 0 spiro atoms. The summed E-state index contributed by atoms with van der Waals surface area (Å²) in [7, 11) is 0. The zero-order valence-corrected chi connectivity index (χ0v) is 14.7. The van der Waals surface area contributed by atoms with Crippen LogP contribution in [0.1, 0.15) is 0 Å². The Morgan fingerprint density at radius 1 is 0.731 bits per heavy atom. The minimum atomic E-state index is 0.741. The molecule has 0 aliphatic carbocycles. The highest BCUT2D eigenvalue weighted by atomic mass is 35.5. The summed E-state index contributed by atoms with van der Waals surface area (Å²) in [5.74, 6) is 0. The van der Waals surface area contributed by atoms with Crippen molar-refractivity contribution in [3.63, 3.8) is 0 Å². The highest BCUT2D eigenvalue weighted by Gasteiger charge is 2.08. The minimum Gasteiger partial charge on any atom is -0.306 e. The molecule has 2 heterocycles. The third-order valence-corrected chi connectivity index (χ3v) is 4.92.